The zero-order valence-corrected chi connectivity index (χ0v) is 10.0. The lowest BCUT2D eigenvalue weighted by Gasteiger charge is -1.97. The highest BCUT2D eigenvalue weighted by molar-refractivity contribution is 7.89. The van der Waals surface area contributed by atoms with Crippen LogP contribution in [0.25, 0.3) is 10.4 Å². The Morgan fingerprint density at radius 1 is 1.65 bits per heavy atom. The number of primary sulfonamides is 1. The van der Waals surface area contributed by atoms with E-state index in [0.29, 0.717) is 4.88 Å². The quantitative estimate of drug-likeness (QED) is 0.485. The maximum atomic E-state index is 11.4. The lowest BCUT2D eigenvalue weighted by Crippen LogP contribution is -2.15. The molecule has 1 aromatic heterocycles. The highest BCUT2D eigenvalue weighted by Crippen LogP contribution is 2.31. The molecule has 1 heterocycles. The highest BCUT2D eigenvalue weighted by atomic mass is 32.2. The summed E-state index contributed by atoms with van der Waals surface area (Å²) < 4.78 is 22.6. The van der Waals surface area contributed by atoms with Crippen LogP contribution in [0.5, 0.6) is 0 Å². The van der Waals surface area contributed by atoms with Crippen molar-refractivity contribution >= 4 is 27.3 Å². The van der Waals surface area contributed by atoms with E-state index in [9.17, 15) is 13.2 Å². The van der Waals surface area contributed by atoms with Crippen LogP contribution >= 0.6 is 11.3 Å². The summed E-state index contributed by atoms with van der Waals surface area (Å²) in [6, 6.07) is 1.65. The van der Waals surface area contributed by atoms with Crippen molar-refractivity contribution in [2.75, 3.05) is 0 Å². The summed E-state index contributed by atoms with van der Waals surface area (Å²) >= 11 is 0.744. The van der Waals surface area contributed by atoms with Crippen LogP contribution in [-0.4, -0.2) is 14.3 Å². The molecular formula is C7H5N5O3S2. The third-order valence-electron chi connectivity index (χ3n) is 1.77. The maximum absolute atomic E-state index is 11.4. The van der Waals surface area contributed by atoms with Crippen molar-refractivity contribution in [3.63, 3.8) is 0 Å². The molecule has 2 N–H and O–H groups in total. The first-order chi connectivity index (χ1) is 7.82. The zero-order chi connectivity index (χ0) is 13.2. The third-order valence-corrected chi connectivity index (χ3v) is 3.97. The monoisotopic (exact) mass is 271 g/mol. The van der Waals surface area contributed by atoms with Gasteiger partial charge < -0.3 is 0 Å². The number of nitrogens with two attached hydrogens (primary N) is 1. The molecule has 1 amide bonds. The molecule has 0 atom stereocenters. The van der Waals surface area contributed by atoms with Gasteiger partial charge in [-0.15, -0.1) is 11.3 Å². The molecule has 0 bridgehead atoms. The molecule has 17 heavy (non-hydrogen) atoms. The molecule has 0 fully saturated rings. The van der Waals surface area contributed by atoms with E-state index in [0.717, 1.165) is 11.3 Å². The first kappa shape index (κ1) is 13.1. The summed E-state index contributed by atoms with van der Waals surface area (Å²) in [5, 5.41) is 16.5. The average Bonchev–Trinajstić information content (AvgIpc) is 2.55. The van der Waals surface area contributed by atoms with Gasteiger partial charge in [-0.3, -0.25) is 4.79 Å². The molecule has 0 aliphatic rings. The summed E-state index contributed by atoms with van der Waals surface area (Å²) in [7, 11) is -4.23. The van der Waals surface area contributed by atoms with E-state index in [1.165, 1.54) is 6.92 Å². The summed E-state index contributed by atoms with van der Waals surface area (Å²) in [4.78, 5) is 13.0. The molecule has 0 saturated carbocycles. The fraction of sp³-hybridized carbons (Fsp3) is 0.143. The minimum atomic E-state index is -4.23. The van der Waals surface area contributed by atoms with Crippen LogP contribution < -0.4 is 5.14 Å². The maximum Gasteiger partial charge on any atom is 0.260 e. The average molecular weight is 271 g/mol. The van der Waals surface area contributed by atoms with Gasteiger partial charge >= 0.3 is 0 Å². The minimum absolute atomic E-state index is 0.200. The van der Waals surface area contributed by atoms with Gasteiger partial charge in [0.05, 0.1) is 10.4 Å². The van der Waals surface area contributed by atoms with Gasteiger partial charge in [0, 0.05) is 9.79 Å². The molecule has 0 aliphatic heterocycles. The lowest BCUT2D eigenvalue weighted by atomic mass is 10.2. The number of azide groups is 1. The van der Waals surface area contributed by atoms with E-state index >= 15 is 0 Å². The number of carbonyl (C=O) groups excluding carboxylic acids is 1. The van der Waals surface area contributed by atoms with E-state index in [1.807, 2.05) is 0 Å². The second-order valence-electron chi connectivity index (χ2n) is 2.84. The number of hydrogen-bond donors (Lipinski definition) is 1. The van der Waals surface area contributed by atoms with Crippen LogP contribution in [0.15, 0.2) is 10.0 Å². The molecule has 10 heteroatoms. The van der Waals surface area contributed by atoms with E-state index in [1.54, 1.807) is 6.07 Å². The number of hydrogen-bond acceptors (Lipinski definition) is 5. The molecule has 0 aromatic carbocycles. The van der Waals surface area contributed by atoms with Crippen molar-refractivity contribution in [1.82, 2.24) is 0 Å². The smallest absolute Gasteiger partial charge is 0.260 e. The topological polar surface area (TPSA) is 150 Å². The predicted octanol–water partition coefficient (Wildman–Crippen LogP) is 1.03. The van der Waals surface area contributed by atoms with Gasteiger partial charge in [0.1, 0.15) is 11.0 Å². The van der Waals surface area contributed by atoms with Crippen molar-refractivity contribution in [1.29, 1.82) is 5.26 Å². The van der Waals surface area contributed by atoms with Crippen LogP contribution in [0, 0.1) is 18.3 Å². The molecule has 1 rings (SSSR count). The molecule has 0 unspecified atom stereocenters. The Hall–Kier alpha value is -1.92. The molecule has 0 spiro atoms. The van der Waals surface area contributed by atoms with Crippen molar-refractivity contribution < 1.29 is 13.2 Å². The van der Waals surface area contributed by atoms with Gasteiger partial charge in [-0.2, -0.15) is 5.26 Å². The normalized spacial score (nSPS) is 10.4. The van der Waals surface area contributed by atoms with Gasteiger partial charge in [-0.25, -0.2) is 13.6 Å². The fourth-order valence-electron chi connectivity index (χ4n) is 1.15. The Morgan fingerprint density at radius 3 is 2.65 bits per heavy atom. The Kier molecular flexibility index (Phi) is 3.50. The van der Waals surface area contributed by atoms with E-state index in [-0.39, 0.29) is 10.4 Å². The Labute approximate surface area is 100.0 Å². The van der Waals surface area contributed by atoms with Crippen molar-refractivity contribution in [2.45, 2.75) is 11.8 Å². The van der Waals surface area contributed by atoms with Crippen LogP contribution in [0.1, 0.15) is 20.1 Å². The molecule has 1 aromatic rings. The second-order valence-corrected chi connectivity index (χ2v) is 5.57. The van der Waals surface area contributed by atoms with E-state index in [4.69, 9.17) is 15.9 Å². The minimum Gasteiger partial charge on any atom is -0.286 e. The molecule has 0 saturated heterocycles. The standard InChI is InChI=1S/C7H5N5O3S2/c1-3-4(2-8)6(17(10,14)15)5(16-3)7(13)11-12-9/h1H3,(H2,10,14,15). The lowest BCUT2D eigenvalue weighted by molar-refractivity contribution is 0.100. The number of rotatable bonds is 2. The molecular weight excluding hydrogens is 266 g/mol. The van der Waals surface area contributed by atoms with Crippen LogP contribution in [0.2, 0.25) is 0 Å². The number of thiophene rings is 1. The SMILES string of the molecule is Cc1sc(C(=O)N=[N+]=[N-])c(S(N)(=O)=O)c1C#N. The number of amides is 1. The Morgan fingerprint density at radius 2 is 2.24 bits per heavy atom. The number of sulfonamides is 1. The van der Waals surface area contributed by atoms with Gasteiger partial charge in [-0.05, 0) is 17.6 Å². The van der Waals surface area contributed by atoms with Crippen molar-refractivity contribution in [3.8, 4) is 6.07 Å². The van der Waals surface area contributed by atoms with Crippen LogP contribution in [0.4, 0.5) is 0 Å². The van der Waals surface area contributed by atoms with Crippen LogP contribution in [-0.2, 0) is 10.0 Å². The Bertz CT molecular complexity index is 675. The Balaban J connectivity index is 3.71. The van der Waals surface area contributed by atoms with Gasteiger partial charge in [0.2, 0.25) is 10.0 Å². The van der Waals surface area contributed by atoms with Crippen molar-refractivity contribution in [3.05, 3.63) is 25.8 Å². The summed E-state index contributed by atoms with van der Waals surface area (Å²) in [5.74, 6) is -1.08. The summed E-state index contributed by atoms with van der Waals surface area (Å²) in [6.45, 7) is 1.46. The largest absolute Gasteiger partial charge is 0.286 e. The number of nitrogens with zero attached hydrogens (tertiary/aromatic N) is 4. The van der Waals surface area contributed by atoms with E-state index < -0.39 is 20.8 Å². The number of nitriles is 1. The molecule has 88 valence electrons. The fourth-order valence-corrected chi connectivity index (χ4v) is 3.40. The third kappa shape index (κ3) is 2.43. The van der Waals surface area contributed by atoms with E-state index in [2.05, 4.69) is 10.0 Å². The molecule has 0 aliphatic carbocycles. The van der Waals surface area contributed by atoms with Crippen molar-refractivity contribution in [2.24, 2.45) is 10.3 Å². The van der Waals surface area contributed by atoms with Crippen LogP contribution in [0.3, 0.4) is 0 Å². The van der Waals surface area contributed by atoms with Gasteiger partial charge in [0.25, 0.3) is 5.91 Å². The first-order valence-electron chi connectivity index (χ1n) is 3.98. The molecule has 8 nitrogen and oxygen atoms in total. The number of carbonyl (C=O) groups is 1. The zero-order valence-electron chi connectivity index (χ0n) is 8.41. The van der Waals surface area contributed by atoms with Gasteiger partial charge in [-0.1, -0.05) is 0 Å². The highest BCUT2D eigenvalue weighted by Gasteiger charge is 2.27. The second kappa shape index (κ2) is 4.52. The van der Waals surface area contributed by atoms with Gasteiger partial charge in [0.15, 0.2) is 0 Å². The first-order valence-corrected chi connectivity index (χ1v) is 6.35. The molecule has 0 radical (unpaired) electrons. The summed E-state index contributed by atoms with van der Waals surface area (Å²) in [5.41, 5.74) is 7.92. The summed E-state index contributed by atoms with van der Waals surface area (Å²) in [6.07, 6.45) is 0. The predicted molar refractivity (Wildman–Crippen MR) is 58.6 cm³/mol. The number of aryl methyl sites for hydroxylation is 1.